The highest BCUT2D eigenvalue weighted by atomic mass is 79.9. The molecule has 1 aromatic carbocycles. The largest absolute Gasteiger partial charge is 0.348 e. The van der Waals surface area contributed by atoms with E-state index in [1.54, 1.807) is 18.2 Å². The predicted octanol–water partition coefficient (Wildman–Crippen LogP) is 2.19. The van der Waals surface area contributed by atoms with Crippen LogP contribution in [0.2, 0.25) is 5.02 Å². The van der Waals surface area contributed by atoms with Crippen LogP contribution >= 0.6 is 27.5 Å². The lowest BCUT2D eigenvalue weighted by Gasteiger charge is -2.12. The Bertz CT molecular complexity index is 405. The third-order valence-corrected chi connectivity index (χ3v) is 3.50. The zero-order valence-electron chi connectivity index (χ0n) is 8.59. The predicted molar refractivity (Wildman–Crippen MR) is 67.9 cm³/mol. The Morgan fingerprint density at radius 2 is 2.38 bits per heavy atom. The van der Waals surface area contributed by atoms with Gasteiger partial charge in [-0.2, -0.15) is 0 Å². The molecule has 0 aromatic heterocycles. The summed E-state index contributed by atoms with van der Waals surface area (Å²) in [5.74, 6) is -0.0805. The van der Waals surface area contributed by atoms with Gasteiger partial charge in [-0.05, 0) is 47.1 Å². The van der Waals surface area contributed by atoms with Gasteiger partial charge in [0.15, 0.2) is 0 Å². The number of benzene rings is 1. The van der Waals surface area contributed by atoms with Gasteiger partial charge < -0.3 is 10.6 Å². The molecule has 1 heterocycles. The summed E-state index contributed by atoms with van der Waals surface area (Å²) in [7, 11) is 0. The molecule has 3 nitrogen and oxygen atoms in total. The third kappa shape index (κ3) is 2.75. The zero-order valence-corrected chi connectivity index (χ0v) is 10.9. The van der Waals surface area contributed by atoms with Crippen molar-refractivity contribution in [2.24, 2.45) is 0 Å². The van der Waals surface area contributed by atoms with Crippen LogP contribution in [0.25, 0.3) is 0 Å². The minimum Gasteiger partial charge on any atom is -0.348 e. The molecule has 0 spiro atoms. The van der Waals surface area contributed by atoms with Crippen molar-refractivity contribution in [1.82, 2.24) is 10.6 Å². The summed E-state index contributed by atoms with van der Waals surface area (Å²) in [4.78, 5) is 11.9. The van der Waals surface area contributed by atoms with Crippen LogP contribution in [0.5, 0.6) is 0 Å². The molecule has 2 rings (SSSR count). The van der Waals surface area contributed by atoms with E-state index in [9.17, 15) is 4.79 Å². The molecule has 2 N–H and O–H groups in total. The summed E-state index contributed by atoms with van der Waals surface area (Å²) in [6, 6.07) is 5.42. The maximum Gasteiger partial charge on any atom is 0.252 e. The lowest BCUT2D eigenvalue weighted by atomic mass is 10.2. The molecule has 1 atom stereocenters. The number of amides is 1. The smallest absolute Gasteiger partial charge is 0.252 e. The molecule has 0 aliphatic carbocycles. The second kappa shape index (κ2) is 5.17. The van der Waals surface area contributed by atoms with E-state index in [1.807, 2.05) is 0 Å². The highest BCUT2D eigenvalue weighted by molar-refractivity contribution is 9.10. The van der Waals surface area contributed by atoms with Crippen LogP contribution in [0.3, 0.4) is 0 Å². The Hall–Kier alpha value is -0.580. The number of carbonyl (C=O) groups is 1. The molecule has 16 heavy (non-hydrogen) atoms. The Labute approximate surface area is 108 Å². The molecule has 86 valence electrons. The van der Waals surface area contributed by atoms with E-state index in [2.05, 4.69) is 26.6 Å². The topological polar surface area (TPSA) is 41.1 Å². The van der Waals surface area contributed by atoms with Crippen LogP contribution in [-0.4, -0.2) is 25.0 Å². The van der Waals surface area contributed by atoms with Crippen molar-refractivity contribution in [3.63, 3.8) is 0 Å². The fraction of sp³-hybridized carbons (Fsp3) is 0.364. The standard InChI is InChI=1S/C11H12BrClN2O/c12-10-2-1-7(13)5-9(10)11(16)15-8-3-4-14-6-8/h1-2,5,8,14H,3-4,6H2,(H,15,16)/t8-/m0/s1. The summed E-state index contributed by atoms with van der Waals surface area (Å²) in [5, 5.41) is 6.74. The van der Waals surface area contributed by atoms with Gasteiger partial charge in [0.1, 0.15) is 0 Å². The van der Waals surface area contributed by atoms with Gasteiger partial charge in [-0.3, -0.25) is 4.79 Å². The van der Waals surface area contributed by atoms with Gasteiger partial charge in [-0.15, -0.1) is 0 Å². The number of carbonyl (C=O) groups excluding carboxylic acids is 1. The first-order valence-electron chi connectivity index (χ1n) is 5.13. The molecule has 1 amide bonds. The van der Waals surface area contributed by atoms with Crippen LogP contribution in [0, 0.1) is 0 Å². The fourth-order valence-corrected chi connectivity index (χ4v) is 2.31. The molecule has 0 saturated carbocycles. The summed E-state index contributed by atoms with van der Waals surface area (Å²) < 4.78 is 0.764. The van der Waals surface area contributed by atoms with E-state index in [0.29, 0.717) is 10.6 Å². The van der Waals surface area contributed by atoms with Gasteiger partial charge in [0.05, 0.1) is 5.56 Å². The number of nitrogens with one attached hydrogen (secondary N) is 2. The molecule has 1 aliphatic rings. The van der Waals surface area contributed by atoms with Gasteiger partial charge >= 0.3 is 0 Å². The van der Waals surface area contributed by atoms with Crippen molar-refractivity contribution in [2.45, 2.75) is 12.5 Å². The van der Waals surface area contributed by atoms with Crippen LogP contribution in [0.4, 0.5) is 0 Å². The van der Waals surface area contributed by atoms with E-state index >= 15 is 0 Å². The van der Waals surface area contributed by atoms with Gasteiger partial charge in [-0.1, -0.05) is 11.6 Å². The second-order valence-corrected chi connectivity index (χ2v) is 5.08. The number of halogens is 2. The Morgan fingerprint density at radius 1 is 1.56 bits per heavy atom. The van der Waals surface area contributed by atoms with E-state index in [0.717, 1.165) is 24.0 Å². The summed E-state index contributed by atoms with van der Waals surface area (Å²) >= 11 is 9.21. The van der Waals surface area contributed by atoms with Crippen LogP contribution in [0.15, 0.2) is 22.7 Å². The van der Waals surface area contributed by atoms with Crippen molar-refractivity contribution in [3.05, 3.63) is 33.3 Å². The first-order valence-corrected chi connectivity index (χ1v) is 6.30. The lowest BCUT2D eigenvalue weighted by molar-refractivity contribution is 0.0939. The number of hydrogen-bond donors (Lipinski definition) is 2. The van der Waals surface area contributed by atoms with Gasteiger partial charge in [0, 0.05) is 22.1 Å². The van der Waals surface area contributed by atoms with Crippen molar-refractivity contribution < 1.29 is 4.79 Å². The van der Waals surface area contributed by atoms with Gasteiger partial charge in [-0.25, -0.2) is 0 Å². The summed E-state index contributed by atoms with van der Waals surface area (Å²) in [6.45, 7) is 1.80. The molecule has 1 fully saturated rings. The maximum atomic E-state index is 11.9. The molecule has 1 saturated heterocycles. The van der Waals surface area contributed by atoms with Gasteiger partial charge in [0.2, 0.25) is 0 Å². The molecule has 1 aliphatic heterocycles. The summed E-state index contributed by atoms with van der Waals surface area (Å²) in [5.41, 5.74) is 0.583. The van der Waals surface area contributed by atoms with E-state index in [-0.39, 0.29) is 11.9 Å². The Kier molecular flexibility index (Phi) is 3.84. The molecule has 0 radical (unpaired) electrons. The highest BCUT2D eigenvalue weighted by Crippen LogP contribution is 2.21. The molecule has 0 unspecified atom stereocenters. The Morgan fingerprint density at radius 3 is 3.06 bits per heavy atom. The monoisotopic (exact) mass is 302 g/mol. The highest BCUT2D eigenvalue weighted by Gasteiger charge is 2.18. The number of rotatable bonds is 2. The first-order chi connectivity index (χ1) is 7.66. The van der Waals surface area contributed by atoms with Crippen molar-refractivity contribution in [1.29, 1.82) is 0 Å². The SMILES string of the molecule is O=C(N[C@H]1CCNC1)c1cc(Cl)ccc1Br. The maximum absolute atomic E-state index is 11.9. The van der Waals surface area contributed by atoms with Gasteiger partial charge in [0.25, 0.3) is 5.91 Å². The van der Waals surface area contributed by atoms with Crippen molar-refractivity contribution in [3.8, 4) is 0 Å². The minimum atomic E-state index is -0.0805. The molecule has 1 aromatic rings. The van der Waals surface area contributed by atoms with Crippen molar-refractivity contribution in [2.75, 3.05) is 13.1 Å². The second-order valence-electron chi connectivity index (χ2n) is 3.79. The minimum absolute atomic E-state index is 0.0805. The fourth-order valence-electron chi connectivity index (χ4n) is 1.71. The summed E-state index contributed by atoms with van der Waals surface area (Å²) in [6.07, 6.45) is 0.976. The Balaban J connectivity index is 2.10. The van der Waals surface area contributed by atoms with Crippen LogP contribution in [-0.2, 0) is 0 Å². The van der Waals surface area contributed by atoms with E-state index < -0.39 is 0 Å². The normalized spacial score (nSPS) is 19.8. The van der Waals surface area contributed by atoms with Crippen LogP contribution in [0.1, 0.15) is 16.8 Å². The molecule has 0 bridgehead atoms. The van der Waals surface area contributed by atoms with Crippen LogP contribution < -0.4 is 10.6 Å². The van der Waals surface area contributed by atoms with E-state index in [4.69, 9.17) is 11.6 Å². The van der Waals surface area contributed by atoms with E-state index in [1.165, 1.54) is 0 Å². The first kappa shape index (κ1) is 11.9. The lowest BCUT2D eigenvalue weighted by Crippen LogP contribution is -2.36. The van der Waals surface area contributed by atoms with Crippen molar-refractivity contribution >= 4 is 33.4 Å². The quantitative estimate of drug-likeness (QED) is 0.879. The molecule has 5 heteroatoms. The molecular formula is C11H12BrClN2O. The third-order valence-electron chi connectivity index (χ3n) is 2.57. The zero-order chi connectivity index (χ0) is 11.5. The average Bonchev–Trinajstić information content (AvgIpc) is 2.74. The average molecular weight is 304 g/mol. The number of hydrogen-bond acceptors (Lipinski definition) is 2. The molecular weight excluding hydrogens is 291 g/mol.